The number of halogens is 2. The van der Waals surface area contributed by atoms with Crippen LogP contribution in [0, 0.1) is 0 Å². The quantitative estimate of drug-likeness (QED) is 0.254. The first-order valence-electron chi connectivity index (χ1n) is 5.65. The first-order chi connectivity index (χ1) is 9.31. The van der Waals surface area contributed by atoms with Crippen molar-refractivity contribution in [2.45, 2.75) is 6.67 Å². The molecule has 112 valence electrons. The maximum absolute atomic E-state index is 8.42. The van der Waals surface area contributed by atoms with Gasteiger partial charge in [0.15, 0.2) is 24.8 Å². The van der Waals surface area contributed by atoms with E-state index in [0.717, 1.165) is 11.1 Å². The number of oxime groups is 2. The highest BCUT2D eigenvalue weighted by Gasteiger charge is 2.07. The Hall–Kier alpha value is -2.18. The van der Waals surface area contributed by atoms with Gasteiger partial charge in [0.2, 0.25) is 0 Å². The minimum atomic E-state index is 0. The molecule has 0 aliphatic carbocycles. The summed E-state index contributed by atoms with van der Waals surface area (Å²) >= 11 is 0. The summed E-state index contributed by atoms with van der Waals surface area (Å²) in [7, 11) is 0. The van der Waals surface area contributed by atoms with E-state index in [-0.39, 0.29) is 24.8 Å². The van der Waals surface area contributed by atoms with E-state index in [4.69, 9.17) is 10.4 Å². The van der Waals surface area contributed by atoms with Gasteiger partial charge in [-0.05, 0) is 0 Å². The summed E-state index contributed by atoms with van der Waals surface area (Å²) < 4.78 is 3.96. The van der Waals surface area contributed by atoms with Crippen LogP contribution in [-0.4, -0.2) is 22.8 Å². The van der Waals surface area contributed by atoms with Crippen molar-refractivity contribution in [3.63, 3.8) is 0 Å². The Morgan fingerprint density at radius 3 is 1.38 bits per heavy atom. The van der Waals surface area contributed by atoms with Crippen LogP contribution in [-0.2, 0) is 6.67 Å². The van der Waals surface area contributed by atoms with Crippen LogP contribution in [0.1, 0.15) is 11.1 Å². The highest BCUT2D eigenvalue weighted by Crippen LogP contribution is 1.91. The summed E-state index contributed by atoms with van der Waals surface area (Å²) in [6.45, 7) is 0.660. The third kappa shape index (κ3) is 5.76. The van der Waals surface area contributed by atoms with Crippen LogP contribution >= 0.6 is 0 Å². The van der Waals surface area contributed by atoms with E-state index in [9.17, 15) is 0 Å². The lowest BCUT2D eigenvalue weighted by atomic mass is 10.3. The lowest BCUT2D eigenvalue weighted by molar-refractivity contribution is -0.913. The molecule has 0 fully saturated rings. The molecule has 0 amide bonds. The van der Waals surface area contributed by atoms with Crippen molar-refractivity contribution in [2.24, 2.45) is 10.3 Å². The molecule has 0 unspecified atom stereocenters. The first-order valence-corrected chi connectivity index (χ1v) is 5.65. The molecular weight excluding hydrogens is 315 g/mol. The van der Waals surface area contributed by atoms with Gasteiger partial charge in [0.25, 0.3) is 0 Å². The zero-order chi connectivity index (χ0) is 13.5. The van der Waals surface area contributed by atoms with Gasteiger partial charge in [0.1, 0.15) is 0 Å². The van der Waals surface area contributed by atoms with Crippen LogP contribution < -0.4 is 33.9 Å². The highest BCUT2D eigenvalue weighted by molar-refractivity contribution is 5.78. The molecule has 2 heterocycles. The molecule has 8 heteroatoms. The smallest absolute Gasteiger partial charge is 0.343 e. The topological polar surface area (TPSA) is 72.9 Å². The molecule has 0 saturated carbocycles. The Bertz CT molecular complexity index is 533. The SMILES string of the molecule is O/N=C\c1cc[n+](C[n+]2ccc(/C=N\O)cc2)cc1.[Cl-].[Cl-]. The monoisotopic (exact) mass is 328 g/mol. The van der Waals surface area contributed by atoms with E-state index >= 15 is 0 Å². The van der Waals surface area contributed by atoms with Crippen LogP contribution in [0.2, 0.25) is 0 Å². The Morgan fingerprint density at radius 2 is 1.10 bits per heavy atom. The summed E-state index contributed by atoms with van der Waals surface area (Å²) in [4.78, 5) is 0. The molecule has 21 heavy (non-hydrogen) atoms. The van der Waals surface area contributed by atoms with Crippen molar-refractivity contribution in [2.75, 3.05) is 0 Å². The number of nitrogens with zero attached hydrogens (tertiary/aromatic N) is 4. The lowest BCUT2D eigenvalue weighted by Gasteiger charge is -1.95. The molecule has 0 bridgehead atoms. The van der Waals surface area contributed by atoms with Gasteiger partial charge < -0.3 is 35.2 Å². The minimum Gasteiger partial charge on any atom is -1.00 e. The largest absolute Gasteiger partial charge is 1.00 e. The molecule has 0 aliphatic heterocycles. The van der Waals surface area contributed by atoms with Gasteiger partial charge in [-0.3, -0.25) is 0 Å². The third-order valence-corrected chi connectivity index (χ3v) is 2.57. The van der Waals surface area contributed by atoms with Crippen LogP contribution in [0.25, 0.3) is 0 Å². The Balaban J connectivity index is 0.00000200. The molecule has 0 atom stereocenters. The normalized spacial score (nSPS) is 10.3. The zero-order valence-electron chi connectivity index (χ0n) is 10.9. The van der Waals surface area contributed by atoms with Crippen LogP contribution in [0.4, 0.5) is 0 Å². The van der Waals surface area contributed by atoms with E-state index in [1.165, 1.54) is 12.4 Å². The predicted molar refractivity (Wildman–Crippen MR) is 67.4 cm³/mol. The van der Waals surface area contributed by atoms with Crippen molar-refractivity contribution in [1.29, 1.82) is 0 Å². The summed E-state index contributed by atoms with van der Waals surface area (Å²) in [6, 6.07) is 7.42. The first kappa shape index (κ1) is 18.8. The second-order valence-corrected chi connectivity index (χ2v) is 3.92. The van der Waals surface area contributed by atoms with E-state index in [1.54, 1.807) is 0 Å². The van der Waals surface area contributed by atoms with E-state index in [0.29, 0.717) is 6.67 Å². The van der Waals surface area contributed by atoms with Crippen LogP contribution in [0.3, 0.4) is 0 Å². The summed E-state index contributed by atoms with van der Waals surface area (Å²) in [6.07, 6.45) is 10.3. The summed E-state index contributed by atoms with van der Waals surface area (Å²) in [5, 5.41) is 22.8. The molecule has 2 aromatic rings. The Labute approximate surface area is 134 Å². The molecule has 2 rings (SSSR count). The maximum Gasteiger partial charge on any atom is 0.343 e. The van der Waals surface area contributed by atoms with Gasteiger partial charge >= 0.3 is 6.67 Å². The standard InChI is InChI=1S/C13H12N4O2.2ClH/c18-14-9-12-1-5-16(6-2-12)11-17-7-3-13(4-8-17)10-15-19;;/h1-10H,11H2;2*1H. The van der Waals surface area contributed by atoms with E-state index < -0.39 is 0 Å². The fourth-order valence-corrected chi connectivity index (χ4v) is 1.62. The molecular formula is C13H14Cl2N4O2. The maximum atomic E-state index is 8.42. The fraction of sp³-hybridized carbons (Fsp3) is 0.0769. The van der Waals surface area contributed by atoms with Crippen LogP contribution in [0.5, 0.6) is 0 Å². The Kier molecular flexibility index (Phi) is 8.68. The molecule has 0 aromatic carbocycles. The molecule has 6 nitrogen and oxygen atoms in total. The second-order valence-electron chi connectivity index (χ2n) is 3.92. The minimum absolute atomic E-state index is 0. The van der Waals surface area contributed by atoms with Crippen molar-refractivity contribution >= 4 is 12.4 Å². The zero-order valence-corrected chi connectivity index (χ0v) is 12.4. The van der Waals surface area contributed by atoms with Crippen molar-refractivity contribution in [3.05, 3.63) is 60.2 Å². The third-order valence-electron chi connectivity index (χ3n) is 2.57. The highest BCUT2D eigenvalue weighted by atomic mass is 35.5. The van der Waals surface area contributed by atoms with Crippen molar-refractivity contribution in [3.8, 4) is 0 Å². The number of hydrogen-bond donors (Lipinski definition) is 2. The lowest BCUT2D eigenvalue weighted by Crippen LogP contribution is -3.00. The molecule has 0 aliphatic rings. The van der Waals surface area contributed by atoms with Crippen LogP contribution in [0.15, 0.2) is 59.4 Å². The van der Waals surface area contributed by atoms with Gasteiger partial charge in [0.05, 0.1) is 12.4 Å². The Morgan fingerprint density at radius 1 is 0.762 bits per heavy atom. The predicted octanol–water partition coefficient (Wildman–Crippen LogP) is -5.61. The van der Waals surface area contributed by atoms with Gasteiger partial charge in [-0.2, -0.15) is 0 Å². The second kappa shape index (κ2) is 9.68. The molecule has 2 aromatic heterocycles. The van der Waals surface area contributed by atoms with Crippen molar-refractivity contribution < 1.29 is 44.4 Å². The molecule has 0 spiro atoms. The molecule has 0 radical (unpaired) electrons. The molecule has 2 N–H and O–H groups in total. The van der Waals surface area contributed by atoms with Gasteiger partial charge in [-0.1, -0.05) is 10.3 Å². The van der Waals surface area contributed by atoms with Gasteiger partial charge in [-0.15, -0.1) is 9.13 Å². The average Bonchev–Trinajstić information content (AvgIpc) is 2.44. The number of hydrogen-bond acceptors (Lipinski definition) is 4. The summed E-state index contributed by atoms with van der Waals surface area (Å²) in [5.41, 5.74) is 1.66. The average molecular weight is 329 g/mol. The van der Waals surface area contributed by atoms with Gasteiger partial charge in [0, 0.05) is 35.4 Å². The van der Waals surface area contributed by atoms with E-state index in [2.05, 4.69) is 10.3 Å². The fourth-order valence-electron chi connectivity index (χ4n) is 1.62. The summed E-state index contributed by atoms with van der Waals surface area (Å²) in [5.74, 6) is 0. The van der Waals surface area contributed by atoms with Crippen molar-refractivity contribution in [1.82, 2.24) is 0 Å². The number of aromatic nitrogens is 2. The number of pyridine rings is 2. The van der Waals surface area contributed by atoms with E-state index in [1.807, 2.05) is 58.2 Å². The molecule has 0 saturated heterocycles. The van der Waals surface area contributed by atoms with Gasteiger partial charge in [-0.25, -0.2) is 0 Å². The number of rotatable bonds is 4.